The number of carbonyl (C=O) groups excluding carboxylic acids is 1. The van der Waals surface area contributed by atoms with Crippen LogP contribution in [-0.2, 0) is 6.61 Å². The van der Waals surface area contributed by atoms with E-state index in [-0.39, 0.29) is 11.9 Å². The first kappa shape index (κ1) is 20.7. The zero-order valence-electron chi connectivity index (χ0n) is 16.7. The predicted octanol–water partition coefficient (Wildman–Crippen LogP) is 5.73. The molecule has 3 aromatic carbocycles. The molecule has 0 aromatic heterocycles. The van der Waals surface area contributed by atoms with Gasteiger partial charge in [0.25, 0.3) is 5.91 Å². The minimum absolute atomic E-state index is 0.145. The molecule has 0 spiro atoms. The Morgan fingerprint density at radius 2 is 1.83 bits per heavy atom. The Labute approximate surface area is 176 Å². The van der Waals surface area contributed by atoms with Crippen molar-refractivity contribution in [1.29, 1.82) is 0 Å². The molecule has 0 aliphatic carbocycles. The Balaban J connectivity index is 1.72. The predicted molar refractivity (Wildman–Crippen MR) is 116 cm³/mol. The zero-order valence-corrected chi connectivity index (χ0v) is 17.5. The highest BCUT2D eigenvalue weighted by Crippen LogP contribution is 2.23. The minimum atomic E-state index is -0.160. The second kappa shape index (κ2) is 9.48. The standard InChI is InChI=1S/C24H24ClNO3/c1-16-5-4-6-22(13-16)29-15-20-14-19(9-12-23(20)28-3)24(27)26-17(2)18-7-10-21(25)11-8-18/h4-14,17H,15H2,1-3H3,(H,26,27)/t17-/m0/s1. The van der Waals surface area contributed by atoms with E-state index in [9.17, 15) is 4.79 Å². The van der Waals surface area contributed by atoms with Gasteiger partial charge in [-0.2, -0.15) is 0 Å². The van der Waals surface area contributed by atoms with Gasteiger partial charge in [-0.15, -0.1) is 0 Å². The van der Waals surface area contributed by atoms with Crippen molar-refractivity contribution in [3.63, 3.8) is 0 Å². The molecule has 0 radical (unpaired) electrons. The molecule has 0 heterocycles. The number of aryl methyl sites for hydroxylation is 1. The van der Waals surface area contributed by atoms with E-state index < -0.39 is 0 Å². The summed E-state index contributed by atoms with van der Waals surface area (Å²) in [4.78, 5) is 12.7. The van der Waals surface area contributed by atoms with Gasteiger partial charge in [0.2, 0.25) is 0 Å². The molecule has 0 saturated carbocycles. The van der Waals surface area contributed by atoms with Gasteiger partial charge in [-0.1, -0.05) is 35.9 Å². The molecule has 5 heteroatoms. The Kier molecular flexibility index (Phi) is 6.78. The maximum atomic E-state index is 12.7. The Hall–Kier alpha value is -2.98. The van der Waals surface area contributed by atoms with E-state index in [4.69, 9.17) is 21.1 Å². The largest absolute Gasteiger partial charge is 0.496 e. The van der Waals surface area contributed by atoms with Gasteiger partial charge in [-0.25, -0.2) is 0 Å². The maximum absolute atomic E-state index is 12.7. The van der Waals surface area contributed by atoms with E-state index in [1.165, 1.54) is 0 Å². The van der Waals surface area contributed by atoms with Crippen LogP contribution in [0.25, 0.3) is 0 Å². The molecule has 29 heavy (non-hydrogen) atoms. The van der Waals surface area contributed by atoms with E-state index in [2.05, 4.69) is 5.32 Å². The van der Waals surface area contributed by atoms with Gasteiger partial charge in [0, 0.05) is 16.1 Å². The van der Waals surface area contributed by atoms with Crippen molar-refractivity contribution in [2.45, 2.75) is 26.5 Å². The molecule has 0 saturated heterocycles. The lowest BCUT2D eigenvalue weighted by Crippen LogP contribution is -2.26. The number of nitrogens with one attached hydrogen (secondary N) is 1. The van der Waals surface area contributed by atoms with Crippen LogP contribution in [-0.4, -0.2) is 13.0 Å². The van der Waals surface area contributed by atoms with Crippen LogP contribution < -0.4 is 14.8 Å². The topological polar surface area (TPSA) is 47.6 Å². The van der Waals surface area contributed by atoms with Gasteiger partial charge in [0.15, 0.2) is 0 Å². The molecule has 0 fully saturated rings. The quantitative estimate of drug-likeness (QED) is 0.542. The molecule has 0 aliphatic heterocycles. The fraction of sp³-hybridized carbons (Fsp3) is 0.208. The summed E-state index contributed by atoms with van der Waals surface area (Å²) in [6.07, 6.45) is 0. The summed E-state index contributed by atoms with van der Waals surface area (Å²) < 4.78 is 11.3. The fourth-order valence-electron chi connectivity index (χ4n) is 3.01. The summed E-state index contributed by atoms with van der Waals surface area (Å²) in [5, 5.41) is 3.68. The van der Waals surface area contributed by atoms with Crippen LogP contribution in [0.4, 0.5) is 0 Å². The van der Waals surface area contributed by atoms with E-state index in [1.807, 2.05) is 62.4 Å². The molecule has 0 bridgehead atoms. The highest BCUT2D eigenvalue weighted by molar-refractivity contribution is 6.30. The van der Waals surface area contributed by atoms with Crippen molar-refractivity contribution in [2.24, 2.45) is 0 Å². The number of hydrogen-bond donors (Lipinski definition) is 1. The van der Waals surface area contributed by atoms with Gasteiger partial charge in [0.05, 0.1) is 13.2 Å². The number of rotatable bonds is 7. The summed E-state index contributed by atoms with van der Waals surface area (Å²) in [7, 11) is 1.61. The molecule has 0 aliphatic rings. The first-order valence-corrected chi connectivity index (χ1v) is 9.77. The molecular formula is C24H24ClNO3. The highest BCUT2D eigenvalue weighted by atomic mass is 35.5. The lowest BCUT2D eigenvalue weighted by Gasteiger charge is -2.16. The number of ether oxygens (including phenoxy) is 2. The third-order valence-electron chi connectivity index (χ3n) is 4.64. The monoisotopic (exact) mass is 409 g/mol. The lowest BCUT2D eigenvalue weighted by atomic mass is 10.1. The summed E-state index contributed by atoms with van der Waals surface area (Å²) in [5.41, 5.74) is 3.47. The molecular weight excluding hydrogens is 386 g/mol. The maximum Gasteiger partial charge on any atom is 0.251 e. The number of hydrogen-bond acceptors (Lipinski definition) is 3. The van der Waals surface area contributed by atoms with E-state index in [1.54, 1.807) is 25.3 Å². The first-order valence-electron chi connectivity index (χ1n) is 9.39. The van der Waals surface area contributed by atoms with Crippen molar-refractivity contribution in [3.05, 3.63) is 94.0 Å². The minimum Gasteiger partial charge on any atom is -0.496 e. The number of methoxy groups -OCH3 is 1. The van der Waals surface area contributed by atoms with Crippen molar-refractivity contribution in [2.75, 3.05) is 7.11 Å². The molecule has 1 atom stereocenters. The zero-order chi connectivity index (χ0) is 20.8. The molecule has 150 valence electrons. The van der Waals surface area contributed by atoms with Gasteiger partial charge >= 0.3 is 0 Å². The summed E-state index contributed by atoms with van der Waals surface area (Å²) >= 11 is 5.94. The van der Waals surface area contributed by atoms with Gasteiger partial charge in [-0.3, -0.25) is 4.79 Å². The smallest absolute Gasteiger partial charge is 0.251 e. The number of carbonyl (C=O) groups is 1. The third kappa shape index (κ3) is 5.52. The highest BCUT2D eigenvalue weighted by Gasteiger charge is 2.14. The molecule has 0 unspecified atom stereocenters. The lowest BCUT2D eigenvalue weighted by molar-refractivity contribution is 0.0939. The normalized spacial score (nSPS) is 11.6. The average molecular weight is 410 g/mol. The molecule has 3 aromatic rings. The Bertz CT molecular complexity index is 986. The van der Waals surface area contributed by atoms with Crippen molar-refractivity contribution < 1.29 is 14.3 Å². The Morgan fingerprint density at radius 3 is 2.52 bits per heavy atom. The van der Waals surface area contributed by atoms with Crippen LogP contribution in [0.3, 0.4) is 0 Å². The van der Waals surface area contributed by atoms with Crippen LogP contribution in [0.5, 0.6) is 11.5 Å². The second-order valence-corrected chi connectivity index (χ2v) is 7.31. The number of benzene rings is 3. The molecule has 4 nitrogen and oxygen atoms in total. The van der Waals surface area contributed by atoms with E-state index in [0.717, 1.165) is 22.4 Å². The molecule has 1 amide bonds. The average Bonchev–Trinajstić information content (AvgIpc) is 2.72. The Morgan fingerprint density at radius 1 is 1.07 bits per heavy atom. The number of halogens is 1. The van der Waals surface area contributed by atoms with Gasteiger partial charge in [-0.05, 0) is 67.4 Å². The third-order valence-corrected chi connectivity index (χ3v) is 4.90. The van der Waals surface area contributed by atoms with Crippen LogP contribution in [0, 0.1) is 6.92 Å². The summed E-state index contributed by atoms with van der Waals surface area (Å²) in [5.74, 6) is 1.30. The molecule has 3 rings (SSSR count). The summed E-state index contributed by atoms with van der Waals surface area (Å²) in [6, 6.07) is 20.5. The van der Waals surface area contributed by atoms with Crippen molar-refractivity contribution >= 4 is 17.5 Å². The van der Waals surface area contributed by atoms with E-state index in [0.29, 0.717) is 22.9 Å². The van der Waals surface area contributed by atoms with Crippen LogP contribution >= 0.6 is 11.6 Å². The second-order valence-electron chi connectivity index (χ2n) is 6.88. The van der Waals surface area contributed by atoms with Crippen molar-refractivity contribution in [3.8, 4) is 11.5 Å². The van der Waals surface area contributed by atoms with Gasteiger partial charge < -0.3 is 14.8 Å². The van der Waals surface area contributed by atoms with Gasteiger partial charge in [0.1, 0.15) is 18.1 Å². The number of amides is 1. The summed E-state index contributed by atoms with van der Waals surface area (Å²) in [6.45, 7) is 4.26. The van der Waals surface area contributed by atoms with Crippen molar-refractivity contribution in [1.82, 2.24) is 5.32 Å². The SMILES string of the molecule is COc1ccc(C(=O)N[C@@H](C)c2ccc(Cl)cc2)cc1COc1cccc(C)c1. The fourth-order valence-corrected chi connectivity index (χ4v) is 3.14. The molecule has 1 N–H and O–H groups in total. The van der Waals surface area contributed by atoms with Crippen LogP contribution in [0.1, 0.15) is 40.0 Å². The van der Waals surface area contributed by atoms with Crippen LogP contribution in [0.15, 0.2) is 66.7 Å². The van der Waals surface area contributed by atoms with E-state index >= 15 is 0 Å². The first-order chi connectivity index (χ1) is 14.0. The van der Waals surface area contributed by atoms with Crippen LogP contribution in [0.2, 0.25) is 5.02 Å².